The number of anilines is 1. The Labute approximate surface area is 179 Å². The quantitative estimate of drug-likeness (QED) is 0.717. The molecule has 5 rings (SSSR count). The van der Waals surface area contributed by atoms with Crippen LogP contribution < -0.4 is 19.5 Å². The maximum atomic E-state index is 13.4. The van der Waals surface area contributed by atoms with E-state index in [9.17, 15) is 9.59 Å². The summed E-state index contributed by atoms with van der Waals surface area (Å²) in [4.78, 5) is 28.0. The molecule has 0 saturated carbocycles. The molecule has 1 saturated heterocycles. The zero-order valence-electron chi connectivity index (χ0n) is 17.1. The van der Waals surface area contributed by atoms with Gasteiger partial charge >= 0.3 is 0 Å². The monoisotopic (exact) mass is 422 g/mol. The first-order valence-corrected chi connectivity index (χ1v) is 10.2. The third kappa shape index (κ3) is 3.48. The number of nitrogens with one attached hydrogen (secondary N) is 1. The number of fused-ring (bicyclic) bond motifs is 1. The van der Waals surface area contributed by atoms with Crippen LogP contribution in [0, 0.1) is 0 Å². The minimum absolute atomic E-state index is 0.142. The van der Waals surface area contributed by atoms with Crippen LogP contribution in [0.3, 0.4) is 0 Å². The molecule has 0 spiro atoms. The van der Waals surface area contributed by atoms with Gasteiger partial charge in [0, 0.05) is 23.9 Å². The van der Waals surface area contributed by atoms with Gasteiger partial charge in [-0.1, -0.05) is 18.2 Å². The average molecular weight is 422 g/mol. The lowest BCUT2D eigenvalue weighted by atomic mass is 10.0. The Morgan fingerprint density at radius 2 is 1.94 bits per heavy atom. The summed E-state index contributed by atoms with van der Waals surface area (Å²) in [5.74, 6) is 0.977. The Kier molecular flexibility index (Phi) is 4.99. The molecule has 31 heavy (non-hydrogen) atoms. The van der Waals surface area contributed by atoms with Crippen LogP contribution >= 0.6 is 0 Å². The van der Waals surface area contributed by atoms with E-state index in [1.54, 1.807) is 30.3 Å². The fourth-order valence-corrected chi connectivity index (χ4v) is 4.07. The van der Waals surface area contributed by atoms with Crippen LogP contribution in [0.4, 0.5) is 5.69 Å². The van der Waals surface area contributed by atoms with Crippen molar-refractivity contribution >= 4 is 23.1 Å². The highest BCUT2D eigenvalue weighted by Gasteiger charge is 2.41. The number of imide groups is 1. The molecule has 160 valence electrons. The van der Waals surface area contributed by atoms with Gasteiger partial charge in [0.2, 0.25) is 6.79 Å². The van der Waals surface area contributed by atoms with Crippen LogP contribution in [0.1, 0.15) is 18.4 Å². The molecule has 0 radical (unpaired) electrons. The van der Waals surface area contributed by atoms with Gasteiger partial charge in [0.1, 0.15) is 11.4 Å². The molecule has 1 N–H and O–H groups in total. The summed E-state index contributed by atoms with van der Waals surface area (Å²) < 4.78 is 21.9. The van der Waals surface area contributed by atoms with Crippen molar-refractivity contribution in [3.8, 4) is 17.2 Å². The van der Waals surface area contributed by atoms with Crippen LogP contribution in [0.25, 0.3) is 5.57 Å². The van der Waals surface area contributed by atoms with Crippen LogP contribution in [-0.4, -0.2) is 49.9 Å². The molecule has 2 aromatic rings. The summed E-state index contributed by atoms with van der Waals surface area (Å²) in [7, 11) is 1.54. The number of hydrogen-bond donors (Lipinski definition) is 1. The molecule has 0 bridgehead atoms. The third-order valence-corrected chi connectivity index (χ3v) is 5.60. The van der Waals surface area contributed by atoms with E-state index in [-0.39, 0.29) is 42.5 Å². The Morgan fingerprint density at radius 3 is 2.74 bits per heavy atom. The number of benzene rings is 2. The van der Waals surface area contributed by atoms with Crippen molar-refractivity contribution in [2.24, 2.45) is 0 Å². The molecule has 0 aliphatic carbocycles. The van der Waals surface area contributed by atoms with Gasteiger partial charge in [-0.15, -0.1) is 0 Å². The topological polar surface area (TPSA) is 86.3 Å². The summed E-state index contributed by atoms with van der Waals surface area (Å²) in [5.41, 5.74) is 1.65. The zero-order chi connectivity index (χ0) is 21.4. The van der Waals surface area contributed by atoms with E-state index in [1.807, 2.05) is 12.1 Å². The van der Waals surface area contributed by atoms with Crippen LogP contribution in [-0.2, 0) is 14.3 Å². The van der Waals surface area contributed by atoms with Crippen molar-refractivity contribution in [1.82, 2.24) is 4.90 Å². The fraction of sp³-hybridized carbons (Fsp3) is 0.304. The summed E-state index contributed by atoms with van der Waals surface area (Å²) in [6.07, 6.45) is 1.61. The number of carbonyl (C=O) groups excluding carboxylic acids is 2. The number of methoxy groups -OCH3 is 1. The molecule has 8 nitrogen and oxygen atoms in total. The summed E-state index contributed by atoms with van der Waals surface area (Å²) in [6.45, 7) is 1.03. The standard InChI is InChI=1S/C23H22N2O6/c1-28-17-7-3-2-6-16(17)20-21(24-14-8-9-18-19(11-14)31-13-30-18)23(27)25(22(20)26)12-15-5-4-10-29-15/h2-3,6-9,11,15,24H,4-5,10,12-13H2,1H3. The lowest BCUT2D eigenvalue weighted by molar-refractivity contribution is -0.138. The molecule has 8 heteroatoms. The highest BCUT2D eigenvalue weighted by Crippen LogP contribution is 2.38. The highest BCUT2D eigenvalue weighted by molar-refractivity contribution is 6.37. The van der Waals surface area contributed by atoms with Gasteiger partial charge in [-0.2, -0.15) is 0 Å². The summed E-state index contributed by atoms with van der Waals surface area (Å²) in [6, 6.07) is 12.5. The van der Waals surface area contributed by atoms with Crippen molar-refractivity contribution < 1.29 is 28.5 Å². The van der Waals surface area contributed by atoms with E-state index in [4.69, 9.17) is 18.9 Å². The number of hydrogen-bond acceptors (Lipinski definition) is 7. The van der Waals surface area contributed by atoms with Crippen LogP contribution in [0.5, 0.6) is 17.2 Å². The van der Waals surface area contributed by atoms with Gasteiger partial charge in [-0.3, -0.25) is 14.5 Å². The van der Waals surface area contributed by atoms with Crippen LogP contribution in [0.2, 0.25) is 0 Å². The molecule has 0 aromatic heterocycles. The predicted octanol–water partition coefficient (Wildman–Crippen LogP) is 2.79. The first-order chi connectivity index (χ1) is 15.2. The lowest BCUT2D eigenvalue weighted by Gasteiger charge is -2.19. The van der Waals surface area contributed by atoms with E-state index < -0.39 is 0 Å². The molecule has 1 unspecified atom stereocenters. The van der Waals surface area contributed by atoms with E-state index in [0.717, 1.165) is 12.8 Å². The molecule has 1 atom stereocenters. The Hall–Kier alpha value is -3.52. The van der Waals surface area contributed by atoms with Crippen molar-refractivity contribution in [1.29, 1.82) is 0 Å². The van der Waals surface area contributed by atoms with E-state index in [0.29, 0.717) is 35.1 Å². The second-order valence-electron chi connectivity index (χ2n) is 7.50. The lowest BCUT2D eigenvalue weighted by Crippen LogP contribution is -2.38. The molecule has 3 aliphatic heterocycles. The number of para-hydroxylation sites is 1. The Balaban J connectivity index is 1.54. The SMILES string of the molecule is COc1ccccc1C1=C(Nc2ccc3c(c2)OCO3)C(=O)N(CC2CCCO2)C1=O. The number of rotatable bonds is 6. The van der Waals surface area contributed by atoms with E-state index in [2.05, 4.69) is 5.32 Å². The van der Waals surface area contributed by atoms with Gasteiger partial charge in [-0.25, -0.2) is 0 Å². The number of amides is 2. The van der Waals surface area contributed by atoms with Crippen molar-refractivity contribution in [2.75, 3.05) is 32.4 Å². The molecule has 2 amide bonds. The van der Waals surface area contributed by atoms with Gasteiger partial charge in [0.25, 0.3) is 11.8 Å². The predicted molar refractivity (Wildman–Crippen MR) is 112 cm³/mol. The van der Waals surface area contributed by atoms with E-state index >= 15 is 0 Å². The van der Waals surface area contributed by atoms with Crippen molar-refractivity contribution in [3.63, 3.8) is 0 Å². The molecule has 3 aliphatic rings. The van der Waals surface area contributed by atoms with Gasteiger partial charge in [-0.05, 0) is 31.0 Å². The first-order valence-electron chi connectivity index (χ1n) is 10.2. The minimum atomic E-state index is -0.390. The van der Waals surface area contributed by atoms with Gasteiger partial charge < -0.3 is 24.3 Å². The number of ether oxygens (including phenoxy) is 4. The van der Waals surface area contributed by atoms with Crippen LogP contribution in [0.15, 0.2) is 48.2 Å². The second kappa shape index (κ2) is 7.96. The fourth-order valence-electron chi connectivity index (χ4n) is 4.07. The van der Waals surface area contributed by atoms with Crippen molar-refractivity contribution in [2.45, 2.75) is 18.9 Å². The summed E-state index contributed by atoms with van der Waals surface area (Å²) >= 11 is 0. The minimum Gasteiger partial charge on any atom is -0.496 e. The first kappa shape index (κ1) is 19.4. The molecular weight excluding hydrogens is 400 g/mol. The summed E-state index contributed by atoms with van der Waals surface area (Å²) in [5, 5.41) is 3.14. The Morgan fingerprint density at radius 1 is 1.10 bits per heavy atom. The highest BCUT2D eigenvalue weighted by atomic mass is 16.7. The smallest absolute Gasteiger partial charge is 0.278 e. The number of carbonyl (C=O) groups is 2. The third-order valence-electron chi connectivity index (χ3n) is 5.60. The zero-order valence-corrected chi connectivity index (χ0v) is 17.1. The number of nitrogens with zero attached hydrogens (tertiary/aromatic N) is 1. The molecule has 3 heterocycles. The largest absolute Gasteiger partial charge is 0.496 e. The van der Waals surface area contributed by atoms with E-state index in [1.165, 1.54) is 12.0 Å². The maximum absolute atomic E-state index is 13.4. The second-order valence-corrected chi connectivity index (χ2v) is 7.50. The Bertz CT molecular complexity index is 1070. The van der Waals surface area contributed by atoms with Gasteiger partial charge in [0.15, 0.2) is 11.5 Å². The molecule has 2 aromatic carbocycles. The molecule has 1 fully saturated rings. The average Bonchev–Trinajstić information content (AvgIpc) is 3.52. The normalized spacial score (nSPS) is 20.0. The van der Waals surface area contributed by atoms with Gasteiger partial charge in [0.05, 0.1) is 25.3 Å². The maximum Gasteiger partial charge on any atom is 0.278 e. The van der Waals surface area contributed by atoms with Crippen molar-refractivity contribution in [3.05, 3.63) is 53.7 Å². The molecular formula is C23H22N2O6.